The van der Waals surface area contributed by atoms with E-state index in [9.17, 15) is 9.79 Å². The van der Waals surface area contributed by atoms with Crippen molar-refractivity contribution in [1.29, 1.82) is 0 Å². The van der Waals surface area contributed by atoms with Crippen molar-refractivity contribution in [3.05, 3.63) is 0 Å². The van der Waals surface area contributed by atoms with Gasteiger partial charge in [-0.1, -0.05) is 206 Å². The summed E-state index contributed by atoms with van der Waals surface area (Å²) in [6.07, 6.45) is 43.0. The molecule has 0 N–H and O–H groups in total. The van der Waals surface area contributed by atoms with Crippen LogP contribution >= 0.6 is 11.4 Å². The Bertz CT molecular complexity index is 645. The van der Waals surface area contributed by atoms with Crippen LogP contribution in [0.5, 0.6) is 0 Å². The fourth-order valence-corrected chi connectivity index (χ4v) is 7.25. The van der Waals surface area contributed by atoms with Crippen molar-refractivity contribution in [3.63, 3.8) is 0 Å². The normalized spacial score (nSPS) is 13.6. The van der Waals surface area contributed by atoms with E-state index in [1.807, 2.05) is 0 Å². The number of hydrogen-bond donors (Lipinski definition) is 0. The van der Waals surface area contributed by atoms with Gasteiger partial charge in [0.15, 0.2) is 0 Å². The molecular weight excluding hydrogens is 799 g/mol. The average molecular weight is 873 g/mol. The zero-order valence-corrected chi connectivity index (χ0v) is 38.1. The molecule has 0 fully saturated rings. The van der Waals surface area contributed by atoms with E-state index >= 15 is 0 Å². The predicted molar refractivity (Wildman–Crippen MR) is 215 cm³/mol. The van der Waals surface area contributed by atoms with E-state index in [1.54, 1.807) is 0 Å². The van der Waals surface area contributed by atoms with E-state index in [-0.39, 0.29) is 0 Å². The fraction of sp³-hybridized carbons (Fsp3) is 1.00. The third kappa shape index (κ3) is 60.4. The molecule has 0 aliphatic heterocycles. The van der Waals surface area contributed by atoms with Crippen molar-refractivity contribution < 1.29 is 42.0 Å². The summed E-state index contributed by atoms with van der Waals surface area (Å²) >= 11 is 18.9. The van der Waals surface area contributed by atoms with Gasteiger partial charge in [-0.3, -0.25) is 0 Å². The second-order valence-electron chi connectivity index (χ2n) is 13.2. The monoisotopic (exact) mass is 874 g/mol. The molecule has 0 spiro atoms. The molecule has 0 aromatic rings. The second-order valence-corrected chi connectivity index (χ2v) is 22.6. The first-order valence-corrected chi connectivity index (χ1v) is 27.7. The molecule has 0 aromatic carbocycles. The van der Waals surface area contributed by atoms with Crippen molar-refractivity contribution in [2.24, 2.45) is 0 Å². The zero-order chi connectivity index (χ0) is 36.5. The molecule has 48 heavy (non-hydrogen) atoms. The Labute approximate surface area is 331 Å². The molecule has 0 aliphatic carbocycles. The Kier molecular flexibility index (Phi) is 51.8. The minimum absolute atomic E-state index is 0.461. The van der Waals surface area contributed by atoms with Gasteiger partial charge in [-0.25, -0.2) is 0 Å². The maximum atomic E-state index is 11.0. The van der Waals surface area contributed by atoms with Gasteiger partial charge < -0.3 is 43.3 Å². The number of rotatable bonds is 36. The summed E-state index contributed by atoms with van der Waals surface area (Å²) < 4.78 is 18.1. The van der Waals surface area contributed by atoms with Crippen LogP contribution in [-0.2, 0) is 80.3 Å². The Morgan fingerprint density at radius 2 is 0.542 bits per heavy atom. The van der Waals surface area contributed by atoms with Gasteiger partial charge in [-0.15, -0.1) is 35.0 Å². The average Bonchev–Trinajstić information content (AvgIpc) is 3.04. The minimum atomic E-state index is -3.09. The van der Waals surface area contributed by atoms with Gasteiger partial charge in [0.2, 0.25) is 0 Å². The van der Waals surface area contributed by atoms with Gasteiger partial charge >= 0.3 is 23.2 Å². The van der Waals surface area contributed by atoms with E-state index in [0.717, 1.165) is 25.7 Å². The molecule has 2 atom stereocenters. The van der Waals surface area contributed by atoms with Crippen LogP contribution in [0.4, 0.5) is 0 Å². The molecule has 2 unspecified atom stereocenters. The van der Waals surface area contributed by atoms with E-state index in [2.05, 4.69) is 62.0 Å². The van der Waals surface area contributed by atoms with Crippen molar-refractivity contribution in [2.75, 3.05) is 13.2 Å². The van der Waals surface area contributed by atoms with Crippen molar-refractivity contribution in [1.82, 2.24) is 0 Å². The molecule has 0 aliphatic rings. The molecule has 0 amide bonds. The molecule has 0 bridgehead atoms. The summed E-state index contributed by atoms with van der Waals surface area (Å²) in [6, 6.07) is 0. The first kappa shape index (κ1) is 54.7. The van der Waals surface area contributed by atoms with E-state index < -0.39 is 11.4 Å². The molecule has 288 valence electrons. The van der Waals surface area contributed by atoms with Crippen LogP contribution < -0.4 is 9.79 Å². The SMILES string of the molecule is CCCCCCCCCCCCCCCCCCOP([O-])(=S)[S-].CCCCCCCCCCCCCCCCCCOP([O-])(=S)[S-].[O]=[Mo+4]. The van der Waals surface area contributed by atoms with E-state index in [1.165, 1.54) is 180 Å². The van der Waals surface area contributed by atoms with Gasteiger partial charge in [0.05, 0.1) is 0 Å². The van der Waals surface area contributed by atoms with Crippen LogP contribution in [0, 0.1) is 0 Å². The van der Waals surface area contributed by atoms with Gasteiger partial charge in [-0.2, -0.15) is 0 Å². The third-order valence-corrected chi connectivity index (χ3v) is 10.8. The van der Waals surface area contributed by atoms with Gasteiger partial charge in [-0.05, 0) is 12.8 Å². The summed E-state index contributed by atoms with van der Waals surface area (Å²) in [5.74, 6) is 0. The van der Waals surface area contributed by atoms with E-state index in [4.69, 9.17) is 12.4 Å². The van der Waals surface area contributed by atoms with Gasteiger partial charge in [0, 0.05) is 13.2 Å². The quantitative estimate of drug-likeness (QED) is 0.0265. The van der Waals surface area contributed by atoms with Gasteiger partial charge in [0.25, 0.3) is 0 Å². The second kappa shape index (κ2) is 45.5. The summed E-state index contributed by atoms with van der Waals surface area (Å²) in [6.45, 7) is 5.47. The van der Waals surface area contributed by atoms with Crippen LogP contribution in [0.3, 0.4) is 0 Å². The molecular formula is C36H74MoO5P2S4. The van der Waals surface area contributed by atoms with Crippen molar-refractivity contribution in [3.8, 4) is 0 Å². The van der Waals surface area contributed by atoms with E-state index in [0.29, 0.717) is 33.0 Å². The van der Waals surface area contributed by atoms with Gasteiger partial charge in [0.1, 0.15) is 0 Å². The van der Waals surface area contributed by atoms with Crippen LogP contribution in [-0.4, -0.2) is 13.2 Å². The van der Waals surface area contributed by atoms with Crippen LogP contribution in [0.2, 0.25) is 0 Å². The first-order valence-electron chi connectivity index (χ1n) is 19.6. The van der Waals surface area contributed by atoms with Crippen LogP contribution in [0.25, 0.3) is 0 Å². The standard InChI is InChI=1S/2C18H39O2PS2.Mo.O/c2*1-2-3-4-5-6-7-8-9-10-11-12-13-14-15-16-17-18-20-21(19,22)23;;/h2*2-18H2,1H3,(H2,19,22,23);;/q;;+4;/p-4. The Morgan fingerprint density at radius 3 is 0.688 bits per heavy atom. The molecule has 0 saturated heterocycles. The summed E-state index contributed by atoms with van der Waals surface area (Å²) in [5.41, 5.74) is -6.18. The van der Waals surface area contributed by atoms with Crippen molar-refractivity contribution in [2.45, 2.75) is 219 Å². The fourth-order valence-electron chi connectivity index (χ4n) is 5.65. The van der Waals surface area contributed by atoms with Crippen LogP contribution in [0.1, 0.15) is 219 Å². The van der Waals surface area contributed by atoms with Crippen molar-refractivity contribution >= 4 is 59.5 Å². The molecule has 0 rings (SSSR count). The van der Waals surface area contributed by atoms with Crippen LogP contribution in [0.15, 0.2) is 0 Å². The topological polar surface area (TPSA) is 81.7 Å². The predicted octanol–water partition coefficient (Wildman–Crippen LogP) is 12.7. The molecule has 0 radical (unpaired) electrons. The molecule has 0 saturated carbocycles. The summed E-state index contributed by atoms with van der Waals surface area (Å²) in [4.78, 5) is 22.0. The Hall–Kier alpha value is 2.33. The molecule has 5 nitrogen and oxygen atoms in total. The number of hydrogen-bond acceptors (Lipinski definition) is 9. The Balaban J connectivity index is -0.000000802. The number of unbranched alkanes of at least 4 members (excludes halogenated alkanes) is 30. The molecule has 12 heteroatoms. The third-order valence-electron chi connectivity index (χ3n) is 8.49. The Morgan fingerprint density at radius 1 is 0.396 bits per heavy atom. The zero-order valence-electron chi connectivity index (χ0n) is 31.0. The maximum absolute atomic E-state index is 11.0. The molecule has 0 aromatic heterocycles. The molecule has 0 heterocycles. The first-order chi connectivity index (χ1) is 23.1. The summed E-state index contributed by atoms with van der Waals surface area (Å²) in [5, 5.41) is 0. The summed E-state index contributed by atoms with van der Waals surface area (Å²) in [7, 11) is 0.